The summed E-state index contributed by atoms with van der Waals surface area (Å²) in [5.74, 6) is 1.81. The van der Waals surface area contributed by atoms with E-state index in [1.165, 1.54) is 6.08 Å². The molecule has 0 bridgehead atoms. The molecule has 0 saturated heterocycles. The number of benzene rings is 2. The lowest BCUT2D eigenvalue weighted by atomic mass is 10.2. The highest BCUT2D eigenvalue weighted by atomic mass is 16.5. The first kappa shape index (κ1) is 17.6. The molecule has 4 heteroatoms. The average molecular weight is 325 g/mol. The zero-order chi connectivity index (χ0) is 17.4. The summed E-state index contributed by atoms with van der Waals surface area (Å²) >= 11 is 0. The fourth-order valence-corrected chi connectivity index (χ4v) is 2.05. The minimum Gasteiger partial charge on any atom is -0.496 e. The molecule has 0 fully saturated rings. The molecule has 126 valence electrons. The van der Waals surface area contributed by atoms with Crippen molar-refractivity contribution in [3.63, 3.8) is 0 Å². The Hall–Kier alpha value is -2.75. The first-order valence-corrected chi connectivity index (χ1v) is 7.93. The fraction of sp³-hybridized carbons (Fsp3) is 0.250. The molecule has 2 aromatic carbocycles. The number of nitrogens with one attached hydrogen (secondary N) is 1. The predicted molar refractivity (Wildman–Crippen MR) is 97.4 cm³/mol. The Labute approximate surface area is 143 Å². The lowest BCUT2D eigenvalue weighted by Crippen LogP contribution is -2.08. The largest absolute Gasteiger partial charge is 0.496 e. The Bertz CT molecular complexity index is 690. The van der Waals surface area contributed by atoms with Crippen molar-refractivity contribution >= 4 is 17.7 Å². The molecule has 0 aromatic heterocycles. The van der Waals surface area contributed by atoms with Crippen molar-refractivity contribution in [1.29, 1.82) is 0 Å². The third kappa shape index (κ3) is 5.47. The summed E-state index contributed by atoms with van der Waals surface area (Å²) in [5, 5.41) is 2.82. The van der Waals surface area contributed by atoms with Crippen molar-refractivity contribution in [3.8, 4) is 11.5 Å². The monoisotopic (exact) mass is 325 g/mol. The summed E-state index contributed by atoms with van der Waals surface area (Å²) in [6.07, 6.45) is 3.22. The van der Waals surface area contributed by atoms with E-state index in [4.69, 9.17) is 9.47 Å². The van der Waals surface area contributed by atoms with Gasteiger partial charge in [-0.3, -0.25) is 4.79 Å². The first-order chi connectivity index (χ1) is 11.6. The van der Waals surface area contributed by atoms with Gasteiger partial charge in [-0.25, -0.2) is 0 Å². The number of para-hydroxylation sites is 1. The van der Waals surface area contributed by atoms with E-state index in [1.54, 1.807) is 13.2 Å². The average Bonchev–Trinajstić information content (AvgIpc) is 2.59. The number of carbonyl (C=O) groups excluding carboxylic acids is 1. The Morgan fingerprint density at radius 2 is 1.83 bits per heavy atom. The molecule has 0 aliphatic rings. The fourth-order valence-electron chi connectivity index (χ4n) is 2.05. The molecule has 0 atom stereocenters. The van der Waals surface area contributed by atoms with Crippen LogP contribution in [-0.4, -0.2) is 19.6 Å². The van der Waals surface area contributed by atoms with Crippen LogP contribution in [0.2, 0.25) is 0 Å². The first-order valence-electron chi connectivity index (χ1n) is 7.93. The van der Waals surface area contributed by atoms with Gasteiger partial charge in [-0.1, -0.05) is 32.0 Å². The maximum Gasteiger partial charge on any atom is 0.248 e. The van der Waals surface area contributed by atoms with E-state index in [-0.39, 0.29) is 5.91 Å². The number of hydrogen-bond acceptors (Lipinski definition) is 3. The van der Waals surface area contributed by atoms with Gasteiger partial charge in [0.15, 0.2) is 0 Å². The molecule has 2 rings (SSSR count). The second-order valence-corrected chi connectivity index (χ2v) is 5.79. The standard InChI is InChI=1S/C20H23NO3/c1-15(2)14-24-18-11-9-17(10-12-18)21-20(22)13-8-16-6-4-5-7-19(16)23-3/h4-13,15H,14H2,1-3H3,(H,21,22). The third-order valence-electron chi connectivity index (χ3n) is 3.26. The van der Waals surface area contributed by atoms with Crippen molar-refractivity contribution < 1.29 is 14.3 Å². The molecule has 0 radical (unpaired) electrons. The Morgan fingerprint density at radius 1 is 1.12 bits per heavy atom. The molecule has 1 N–H and O–H groups in total. The lowest BCUT2D eigenvalue weighted by molar-refractivity contribution is -0.111. The highest BCUT2D eigenvalue weighted by Crippen LogP contribution is 2.19. The maximum atomic E-state index is 12.0. The van der Waals surface area contributed by atoms with E-state index in [0.717, 1.165) is 22.7 Å². The molecule has 2 aromatic rings. The molecule has 0 saturated carbocycles. The molecule has 0 aliphatic heterocycles. The van der Waals surface area contributed by atoms with E-state index in [0.29, 0.717) is 12.5 Å². The molecule has 0 aliphatic carbocycles. The molecule has 0 unspecified atom stereocenters. The van der Waals surface area contributed by atoms with Gasteiger partial charge in [0.25, 0.3) is 0 Å². The molecule has 1 amide bonds. The summed E-state index contributed by atoms with van der Waals surface area (Å²) in [4.78, 5) is 12.0. The van der Waals surface area contributed by atoms with Crippen molar-refractivity contribution in [2.75, 3.05) is 19.0 Å². The Morgan fingerprint density at radius 3 is 2.50 bits per heavy atom. The van der Waals surface area contributed by atoms with Gasteiger partial charge in [-0.2, -0.15) is 0 Å². The lowest BCUT2D eigenvalue weighted by Gasteiger charge is -2.09. The van der Waals surface area contributed by atoms with Gasteiger partial charge in [0.2, 0.25) is 5.91 Å². The number of ether oxygens (including phenoxy) is 2. The van der Waals surface area contributed by atoms with Crippen LogP contribution in [0.15, 0.2) is 54.6 Å². The van der Waals surface area contributed by atoms with Crippen molar-refractivity contribution in [3.05, 3.63) is 60.2 Å². The van der Waals surface area contributed by atoms with Gasteiger partial charge in [-0.15, -0.1) is 0 Å². The number of methoxy groups -OCH3 is 1. The van der Waals surface area contributed by atoms with Gasteiger partial charge in [0, 0.05) is 17.3 Å². The van der Waals surface area contributed by atoms with E-state index in [2.05, 4.69) is 19.2 Å². The van der Waals surface area contributed by atoms with E-state index in [9.17, 15) is 4.79 Å². The summed E-state index contributed by atoms with van der Waals surface area (Å²) in [6, 6.07) is 14.9. The topological polar surface area (TPSA) is 47.6 Å². The van der Waals surface area contributed by atoms with Gasteiger partial charge in [0.05, 0.1) is 13.7 Å². The summed E-state index contributed by atoms with van der Waals surface area (Å²) in [5.41, 5.74) is 1.58. The van der Waals surface area contributed by atoms with Crippen LogP contribution in [0.5, 0.6) is 11.5 Å². The van der Waals surface area contributed by atoms with Crippen LogP contribution in [0.1, 0.15) is 19.4 Å². The smallest absolute Gasteiger partial charge is 0.248 e. The number of hydrogen-bond donors (Lipinski definition) is 1. The minimum atomic E-state index is -0.197. The SMILES string of the molecule is COc1ccccc1C=CC(=O)Nc1ccc(OCC(C)C)cc1. The van der Waals surface area contributed by atoms with Crippen LogP contribution in [0.4, 0.5) is 5.69 Å². The van der Waals surface area contributed by atoms with Gasteiger partial charge < -0.3 is 14.8 Å². The van der Waals surface area contributed by atoms with Gasteiger partial charge >= 0.3 is 0 Å². The van der Waals surface area contributed by atoms with E-state index < -0.39 is 0 Å². The molecule has 4 nitrogen and oxygen atoms in total. The summed E-state index contributed by atoms with van der Waals surface area (Å²) in [6.45, 7) is 4.87. The quantitative estimate of drug-likeness (QED) is 0.768. The predicted octanol–water partition coefficient (Wildman–Crippen LogP) is 4.38. The van der Waals surface area contributed by atoms with Crippen molar-refractivity contribution in [2.45, 2.75) is 13.8 Å². The Balaban J connectivity index is 1.93. The second-order valence-electron chi connectivity index (χ2n) is 5.79. The number of carbonyl (C=O) groups is 1. The normalized spacial score (nSPS) is 10.8. The maximum absolute atomic E-state index is 12.0. The highest BCUT2D eigenvalue weighted by Gasteiger charge is 2.02. The third-order valence-corrected chi connectivity index (χ3v) is 3.26. The van der Waals surface area contributed by atoms with Crippen molar-refractivity contribution in [1.82, 2.24) is 0 Å². The van der Waals surface area contributed by atoms with Crippen LogP contribution in [0.3, 0.4) is 0 Å². The van der Waals surface area contributed by atoms with Gasteiger partial charge in [0.1, 0.15) is 11.5 Å². The van der Waals surface area contributed by atoms with Crippen molar-refractivity contribution in [2.24, 2.45) is 5.92 Å². The second kappa shape index (κ2) is 8.77. The zero-order valence-corrected chi connectivity index (χ0v) is 14.3. The number of anilines is 1. The van der Waals surface area contributed by atoms with Crippen LogP contribution in [0, 0.1) is 5.92 Å². The number of amides is 1. The summed E-state index contributed by atoms with van der Waals surface area (Å²) in [7, 11) is 1.61. The van der Waals surface area contributed by atoms with Crippen LogP contribution in [-0.2, 0) is 4.79 Å². The molecule has 0 spiro atoms. The zero-order valence-electron chi connectivity index (χ0n) is 14.3. The molecular weight excluding hydrogens is 302 g/mol. The molecule has 0 heterocycles. The number of rotatable bonds is 7. The Kier molecular flexibility index (Phi) is 6.43. The molecular formula is C20H23NO3. The van der Waals surface area contributed by atoms with Gasteiger partial charge in [-0.05, 0) is 42.3 Å². The van der Waals surface area contributed by atoms with Crippen LogP contribution in [0.25, 0.3) is 6.08 Å². The highest BCUT2D eigenvalue weighted by molar-refractivity contribution is 6.02. The summed E-state index contributed by atoms with van der Waals surface area (Å²) < 4.78 is 10.9. The minimum absolute atomic E-state index is 0.197. The van der Waals surface area contributed by atoms with E-state index in [1.807, 2.05) is 48.5 Å². The molecule has 24 heavy (non-hydrogen) atoms. The van der Waals surface area contributed by atoms with Crippen LogP contribution < -0.4 is 14.8 Å². The van der Waals surface area contributed by atoms with Crippen LogP contribution >= 0.6 is 0 Å². The van der Waals surface area contributed by atoms with E-state index >= 15 is 0 Å².